The predicted molar refractivity (Wildman–Crippen MR) is 85.4 cm³/mol. The first kappa shape index (κ1) is 14.8. The third-order valence-electron chi connectivity index (χ3n) is 3.49. The summed E-state index contributed by atoms with van der Waals surface area (Å²) in [4.78, 5) is 24.9. The van der Waals surface area contributed by atoms with Crippen molar-refractivity contribution in [3.8, 4) is 5.75 Å². The molecule has 0 unspecified atom stereocenters. The Hall–Kier alpha value is -3.08. The van der Waals surface area contributed by atoms with Crippen molar-refractivity contribution in [3.63, 3.8) is 0 Å². The highest BCUT2D eigenvalue weighted by atomic mass is 16.5. The summed E-state index contributed by atoms with van der Waals surface area (Å²) < 4.78 is 5.75. The van der Waals surface area contributed by atoms with Gasteiger partial charge in [-0.3, -0.25) is 4.79 Å². The molecule has 0 saturated carbocycles. The molecule has 5 heteroatoms. The van der Waals surface area contributed by atoms with Crippen molar-refractivity contribution >= 4 is 22.7 Å². The smallest absolute Gasteiger partial charge is 0.372 e. The van der Waals surface area contributed by atoms with Crippen molar-refractivity contribution in [2.45, 2.75) is 13.0 Å². The summed E-state index contributed by atoms with van der Waals surface area (Å²) in [5.41, 5.74) is 2.49. The molecule has 1 aromatic heterocycles. The van der Waals surface area contributed by atoms with E-state index in [0.717, 1.165) is 22.2 Å². The lowest BCUT2D eigenvalue weighted by Gasteiger charge is -2.06. The van der Waals surface area contributed by atoms with Crippen LogP contribution in [0.5, 0.6) is 5.75 Å². The van der Waals surface area contributed by atoms with E-state index in [1.807, 2.05) is 48.5 Å². The van der Waals surface area contributed by atoms with Crippen molar-refractivity contribution in [2.24, 2.45) is 0 Å². The third-order valence-corrected chi connectivity index (χ3v) is 3.49. The second-order valence-electron chi connectivity index (χ2n) is 5.22. The standard InChI is InChI=1S/C18H15NO4/c20-17(18(21)22)10-14-8-13-9-15(6-7-16(13)19-14)23-11-12-4-2-1-3-5-12/h1-9,19H,10-11H2,(H,21,22). The van der Waals surface area contributed by atoms with Crippen LogP contribution < -0.4 is 4.74 Å². The van der Waals surface area contributed by atoms with E-state index < -0.39 is 11.8 Å². The SMILES string of the molecule is O=C(O)C(=O)Cc1cc2cc(OCc3ccccc3)ccc2[nH]1. The van der Waals surface area contributed by atoms with E-state index in [1.54, 1.807) is 6.07 Å². The first-order chi connectivity index (χ1) is 11.1. The maximum Gasteiger partial charge on any atom is 0.372 e. The fourth-order valence-corrected chi connectivity index (χ4v) is 2.35. The van der Waals surface area contributed by atoms with E-state index >= 15 is 0 Å². The van der Waals surface area contributed by atoms with Crippen LogP contribution in [-0.4, -0.2) is 21.8 Å². The quantitative estimate of drug-likeness (QED) is 0.686. The Morgan fingerprint density at radius 3 is 2.57 bits per heavy atom. The number of nitrogens with one attached hydrogen (secondary N) is 1. The molecule has 0 saturated heterocycles. The molecule has 0 aliphatic rings. The van der Waals surface area contributed by atoms with Crippen molar-refractivity contribution in [1.82, 2.24) is 4.98 Å². The van der Waals surface area contributed by atoms with Gasteiger partial charge < -0.3 is 14.8 Å². The van der Waals surface area contributed by atoms with Crippen molar-refractivity contribution < 1.29 is 19.4 Å². The molecule has 0 aliphatic heterocycles. The van der Waals surface area contributed by atoms with E-state index in [-0.39, 0.29) is 6.42 Å². The van der Waals surface area contributed by atoms with Gasteiger partial charge in [-0.25, -0.2) is 4.79 Å². The molecule has 0 bridgehead atoms. The molecule has 3 rings (SSSR count). The summed E-state index contributed by atoms with van der Waals surface area (Å²) in [7, 11) is 0. The molecular formula is C18H15NO4. The number of aliphatic carboxylic acids is 1. The largest absolute Gasteiger partial charge is 0.489 e. The van der Waals surface area contributed by atoms with Gasteiger partial charge in [-0.05, 0) is 29.8 Å². The van der Waals surface area contributed by atoms with Crippen LogP contribution >= 0.6 is 0 Å². The van der Waals surface area contributed by atoms with E-state index in [9.17, 15) is 9.59 Å². The summed E-state index contributed by atoms with van der Waals surface area (Å²) in [6.45, 7) is 0.473. The second kappa shape index (κ2) is 6.36. The lowest BCUT2D eigenvalue weighted by atomic mass is 10.2. The predicted octanol–water partition coefficient (Wildman–Crippen LogP) is 2.94. The lowest BCUT2D eigenvalue weighted by molar-refractivity contribution is -0.148. The minimum atomic E-state index is -1.42. The Balaban J connectivity index is 1.74. The number of carboxylic acids is 1. The molecule has 0 fully saturated rings. The van der Waals surface area contributed by atoms with Crippen LogP contribution in [0.3, 0.4) is 0 Å². The molecule has 0 spiro atoms. The summed E-state index contributed by atoms with van der Waals surface area (Å²) in [5, 5.41) is 9.54. The Morgan fingerprint density at radius 2 is 1.83 bits per heavy atom. The average Bonchev–Trinajstić information content (AvgIpc) is 2.95. The fourth-order valence-electron chi connectivity index (χ4n) is 2.35. The van der Waals surface area contributed by atoms with Crippen molar-refractivity contribution in [3.05, 3.63) is 65.9 Å². The molecule has 1 heterocycles. The number of Topliss-reactive ketones (excluding diaryl/α,β-unsaturated/α-hetero) is 1. The molecule has 0 amide bonds. The van der Waals surface area contributed by atoms with Gasteiger partial charge >= 0.3 is 5.97 Å². The molecule has 116 valence electrons. The van der Waals surface area contributed by atoms with Gasteiger partial charge in [-0.2, -0.15) is 0 Å². The number of H-pyrrole nitrogens is 1. The Kier molecular flexibility index (Phi) is 4.10. The summed E-state index contributed by atoms with van der Waals surface area (Å²) in [5.74, 6) is -1.54. The molecule has 2 N–H and O–H groups in total. The first-order valence-electron chi connectivity index (χ1n) is 7.16. The van der Waals surface area contributed by atoms with Crippen LogP contribution in [0.25, 0.3) is 10.9 Å². The summed E-state index contributed by atoms with van der Waals surface area (Å²) in [6.07, 6.45) is -0.149. The third kappa shape index (κ3) is 3.58. The molecule has 2 aromatic carbocycles. The molecule has 23 heavy (non-hydrogen) atoms. The van der Waals surface area contributed by atoms with E-state index in [0.29, 0.717) is 12.3 Å². The van der Waals surface area contributed by atoms with Crippen molar-refractivity contribution in [1.29, 1.82) is 0 Å². The summed E-state index contributed by atoms with van der Waals surface area (Å²) in [6, 6.07) is 17.2. The number of benzene rings is 2. The first-order valence-corrected chi connectivity index (χ1v) is 7.16. The minimum Gasteiger partial charge on any atom is -0.489 e. The maximum atomic E-state index is 11.3. The van der Waals surface area contributed by atoms with E-state index in [1.165, 1.54) is 0 Å². The number of carbonyl (C=O) groups is 2. The number of carboxylic acid groups (broad SMARTS) is 1. The van der Waals surface area contributed by atoms with Crippen LogP contribution in [0.15, 0.2) is 54.6 Å². The maximum absolute atomic E-state index is 11.3. The van der Waals surface area contributed by atoms with Gasteiger partial charge in [0.25, 0.3) is 0 Å². The molecule has 3 aromatic rings. The zero-order chi connectivity index (χ0) is 16.2. The van der Waals surface area contributed by atoms with Crippen LogP contribution in [0.1, 0.15) is 11.3 Å². The number of rotatable bonds is 6. The number of aromatic amines is 1. The molecule has 0 atom stereocenters. The number of hydrogen-bond donors (Lipinski definition) is 2. The number of aromatic nitrogens is 1. The lowest BCUT2D eigenvalue weighted by Crippen LogP contribution is -2.15. The number of hydrogen-bond acceptors (Lipinski definition) is 3. The van der Waals surface area contributed by atoms with Gasteiger partial charge in [-0.15, -0.1) is 0 Å². The second-order valence-corrected chi connectivity index (χ2v) is 5.22. The van der Waals surface area contributed by atoms with E-state index in [4.69, 9.17) is 9.84 Å². The fraction of sp³-hybridized carbons (Fsp3) is 0.111. The Morgan fingerprint density at radius 1 is 1.04 bits per heavy atom. The topological polar surface area (TPSA) is 79.4 Å². The van der Waals surface area contributed by atoms with Crippen LogP contribution in [-0.2, 0) is 22.6 Å². The van der Waals surface area contributed by atoms with Crippen LogP contribution in [0.4, 0.5) is 0 Å². The van der Waals surface area contributed by atoms with Gasteiger partial charge in [0.2, 0.25) is 5.78 Å². The van der Waals surface area contributed by atoms with Gasteiger partial charge in [0.1, 0.15) is 12.4 Å². The van der Waals surface area contributed by atoms with Crippen LogP contribution in [0.2, 0.25) is 0 Å². The average molecular weight is 309 g/mol. The Bertz CT molecular complexity index is 852. The van der Waals surface area contributed by atoms with Crippen LogP contribution in [0, 0.1) is 0 Å². The molecular weight excluding hydrogens is 294 g/mol. The highest BCUT2D eigenvalue weighted by molar-refractivity contribution is 6.33. The normalized spacial score (nSPS) is 10.6. The van der Waals surface area contributed by atoms with Gasteiger partial charge in [0.05, 0.1) is 6.42 Å². The van der Waals surface area contributed by atoms with Gasteiger partial charge in [-0.1, -0.05) is 30.3 Å². The zero-order valence-electron chi connectivity index (χ0n) is 12.3. The van der Waals surface area contributed by atoms with Gasteiger partial charge in [0, 0.05) is 16.6 Å². The number of ether oxygens (including phenoxy) is 1. The highest BCUT2D eigenvalue weighted by Gasteiger charge is 2.13. The van der Waals surface area contributed by atoms with E-state index in [2.05, 4.69) is 4.98 Å². The highest BCUT2D eigenvalue weighted by Crippen LogP contribution is 2.22. The molecule has 5 nitrogen and oxygen atoms in total. The molecule has 0 aliphatic carbocycles. The number of carbonyl (C=O) groups excluding carboxylic acids is 1. The van der Waals surface area contributed by atoms with Crippen molar-refractivity contribution in [2.75, 3.05) is 0 Å². The summed E-state index contributed by atoms with van der Waals surface area (Å²) >= 11 is 0. The monoisotopic (exact) mass is 309 g/mol. The number of ketones is 1. The zero-order valence-corrected chi connectivity index (χ0v) is 12.3. The minimum absolute atomic E-state index is 0.149. The molecule has 0 radical (unpaired) electrons. The van der Waals surface area contributed by atoms with Gasteiger partial charge in [0.15, 0.2) is 0 Å². The Labute approximate surface area is 132 Å². The number of fused-ring (bicyclic) bond motifs is 1.